The Morgan fingerprint density at radius 2 is 2.18 bits per heavy atom. The molecule has 0 unspecified atom stereocenters. The van der Waals surface area contributed by atoms with Gasteiger partial charge in [0, 0.05) is 33.7 Å². The summed E-state index contributed by atoms with van der Waals surface area (Å²) in [5.41, 5.74) is 5.81. The number of nitrogens with one attached hydrogen (secondary N) is 3. The summed E-state index contributed by atoms with van der Waals surface area (Å²) < 4.78 is 0. The van der Waals surface area contributed by atoms with E-state index in [9.17, 15) is 4.79 Å². The Bertz CT molecular complexity index is 689. The second kappa shape index (κ2) is 6.98. The van der Waals surface area contributed by atoms with Crippen molar-refractivity contribution in [2.75, 3.05) is 31.1 Å². The number of H-pyrrole nitrogens is 1. The number of nitrogens with zero attached hydrogens (tertiary/aromatic N) is 1. The van der Waals surface area contributed by atoms with Crippen molar-refractivity contribution in [2.45, 2.75) is 6.92 Å². The van der Waals surface area contributed by atoms with E-state index in [1.165, 1.54) is 4.90 Å². The van der Waals surface area contributed by atoms with Crippen LogP contribution in [0.2, 0.25) is 0 Å². The minimum atomic E-state index is -0.0179. The molecule has 2 aromatic rings. The third-order valence-corrected chi connectivity index (χ3v) is 4.92. The number of benzene rings is 1. The lowest BCUT2D eigenvalue weighted by atomic mass is 10.1. The van der Waals surface area contributed by atoms with Gasteiger partial charge in [0.2, 0.25) is 0 Å². The summed E-state index contributed by atoms with van der Waals surface area (Å²) in [5.74, 6) is 2.26. The number of amides is 1. The van der Waals surface area contributed by atoms with Crippen molar-refractivity contribution >= 4 is 34.8 Å². The fraction of sp³-hybridized carbons (Fsp3) is 0.375. The lowest BCUT2D eigenvalue weighted by Crippen LogP contribution is -3.14. The number of aromatic nitrogens is 1. The minimum absolute atomic E-state index is 0.0179. The van der Waals surface area contributed by atoms with Crippen molar-refractivity contribution < 1.29 is 9.69 Å². The number of thioether (sulfide) groups is 1. The number of para-hydroxylation sites is 1. The first-order valence-corrected chi connectivity index (χ1v) is 8.70. The molecule has 0 aliphatic carbocycles. The molecular formula is C16H21N4OS+. The Morgan fingerprint density at radius 3 is 3.00 bits per heavy atom. The van der Waals surface area contributed by atoms with Crippen molar-refractivity contribution in [3.63, 3.8) is 0 Å². The molecule has 0 bridgehead atoms. The van der Waals surface area contributed by atoms with Gasteiger partial charge in [-0.25, -0.2) is 5.43 Å². The maximum atomic E-state index is 11.9. The van der Waals surface area contributed by atoms with Crippen LogP contribution in [0.25, 0.3) is 10.9 Å². The van der Waals surface area contributed by atoms with Crippen LogP contribution in [0, 0.1) is 6.92 Å². The van der Waals surface area contributed by atoms with Crippen molar-refractivity contribution in [1.29, 1.82) is 0 Å². The molecule has 2 heterocycles. The SMILES string of the molecule is Cc1[nH]c2ccccc2c1/C=N/NC(=O)C[NH+]1CCSCC1. The summed E-state index contributed by atoms with van der Waals surface area (Å²) in [7, 11) is 0. The van der Waals surface area contributed by atoms with E-state index in [0.29, 0.717) is 6.54 Å². The highest BCUT2D eigenvalue weighted by Gasteiger charge is 2.17. The summed E-state index contributed by atoms with van der Waals surface area (Å²) in [6.07, 6.45) is 1.73. The molecule has 1 aromatic carbocycles. The fourth-order valence-electron chi connectivity index (χ4n) is 2.74. The van der Waals surface area contributed by atoms with Gasteiger partial charge in [0.05, 0.1) is 19.3 Å². The average molecular weight is 317 g/mol. The zero-order chi connectivity index (χ0) is 15.4. The van der Waals surface area contributed by atoms with Crippen LogP contribution < -0.4 is 10.3 Å². The standard InChI is InChI=1S/C16H20N4OS/c1-12-14(13-4-2-3-5-15(13)18-12)10-17-19-16(21)11-20-6-8-22-9-7-20/h2-5,10,18H,6-9,11H2,1H3,(H,19,21)/p+1/b17-10+. The van der Waals surface area contributed by atoms with Gasteiger partial charge in [0.1, 0.15) is 0 Å². The van der Waals surface area contributed by atoms with Crippen LogP contribution in [-0.4, -0.2) is 48.2 Å². The molecule has 0 radical (unpaired) electrons. The molecule has 0 spiro atoms. The molecule has 1 aliphatic rings. The second-order valence-electron chi connectivity index (χ2n) is 5.54. The average Bonchev–Trinajstić information content (AvgIpc) is 2.84. The smallest absolute Gasteiger partial charge is 0.295 e. The largest absolute Gasteiger partial charge is 0.358 e. The molecule has 0 atom stereocenters. The highest BCUT2D eigenvalue weighted by molar-refractivity contribution is 7.99. The van der Waals surface area contributed by atoms with Gasteiger partial charge in [-0.3, -0.25) is 4.79 Å². The number of fused-ring (bicyclic) bond motifs is 1. The molecule has 6 heteroatoms. The Kier molecular flexibility index (Phi) is 4.80. The van der Waals surface area contributed by atoms with E-state index in [1.807, 2.05) is 36.9 Å². The molecule has 1 amide bonds. The van der Waals surface area contributed by atoms with E-state index in [4.69, 9.17) is 0 Å². The highest BCUT2D eigenvalue weighted by Crippen LogP contribution is 2.19. The fourth-order valence-corrected chi connectivity index (χ4v) is 3.81. The van der Waals surface area contributed by atoms with E-state index in [0.717, 1.165) is 46.8 Å². The van der Waals surface area contributed by atoms with Gasteiger partial charge in [-0.1, -0.05) is 18.2 Å². The van der Waals surface area contributed by atoms with Gasteiger partial charge in [0.15, 0.2) is 6.54 Å². The molecule has 116 valence electrons. The third kappa shape index (κ3) is 3.51. The number of carbonyl (C=O) groups excluding carboxylic acids is 1. The second-order valence-corrected chi connectivity index (χ2v) is 6.77. The zero-order valence-corrected chi connectivity index (χ0v) is 13.5. The molecule has 3 rings (SSSR count). The van der Waals surface area contributed by atoms with Crippen molar-refractivity contribution in [1.82, 2.24) is 10.4 Å². The number of aryl methyl sites for hydroxylation is 1. The van der Waals surface area contributed by atoms with E-state index < -0.39 is 0 Å². The van der Waals surface area contributed by atoms with Gasteiger partial charge in [-0.15, -0.1) is 0 Å². The lowest BCUT2D eigenvalue weighted by Gasteiger charge is -2.21. The number of rotatable bonds is 4. The Balaban J connectivity index is 1.61. The molecule has 1 aromatic heterocycles. The molecule has 5 nitrogen and oxygen atoms in total. The van der Waals surface area contributed by atoms with Gasteiger partial charge >= 0.3 is 0 Å². The minimum Gasteiger partial charge on any atom is -0.358 e. The van der Waals surface area contributed by atoms with Crippen molar-refractivity contribution in [3.8, 4) is 0 Å². The quantitative estimate of drug-likeness (QED) is 0.570. The van der Waals surface area contributed by atoms with Crippen molar-refractivity contribution in [3.05, 3.63) is 35.5 Å². The first-order valence-electron chi connectivity index (χ1n) is 7.54. The number of hydrogen-bond acceptors (Lipinski definition) is 3. The molecule has 1 saturated heterocycles. The normalized spacial score (nSPS) is 16.4. The third-order valence-electron chi connectivity index (χ3n) is 3.94. The van der Waals surface area contributed by atoms with Crippen LogP contribution in [0.15, 0.2) is 29.4 Å². The number of quaternary nitrogens is 1. The van der Waals surface area contributed by atoms with Gasteiger partial charge in [-0.05, 0) is 13.0 Å². The summed E-state index contributed by atoms with van der Waals surface area (Å²) in [6.45, 7) is 4.64. The van der Waals surface area contributed by atoms with Crippen molar-refractivity contribution in [2.24, 2.45) is 5.10 Å². The highest BCUT2D eigenvalue weighted by atomic mass is 32.2. The summed E-state index contributed by atoms with van der Waals surface area (Å²) in [6, 6.07) is 8.09. The first-order chi connectivity index (χ1) is 10.7. The predicted octanol–water partition coefficient (Wildman–Crippen LogP) is 0.558. The topological polar surface area (TPSA) is 61.7 Å². The first kappa shape index (κ1) is 15.1. The monoisotopic (exact) mass is 317 g/mol. The van der Waals surface area contributed by atoms with E-state index in [2.05, 4.69) is 21.6 Å². The van der Waals surface area contributed by atoms with E-state index >= 15 is 0 Å². The van der Waals surface area contributed by atoms with Crippen LogP contribution >= 0.6 is 11.8 Å². The van der Waals surface area contributed by atoms with Gasteiger partial charge < -0.3 is 9.88 Å². The number of aromatic amines is 1. The van der Waals surface area contributed by atoms with Gasteiger partial charge in [-0.2, -0.15) is 16.9 Å². The maximum absolute atomic E-state index is 11.9. The summed E-state index contributed by atoms with van der Waals surface area (Å²) >= 11 is 1.96. The Morgan fingerprint density at radius 1 is 1.41 bits per heavy atom. The number of carbonyl (C=O) groups is 1. The number of hydrogen-bond donors (Lipinski definition) is 3. The maximum Gasteiger partial charge on any atom is 0.295 e. The van der Waals surface area contributed by atoms with Gasteiger partial charge in [0.25, 0.3) is 5.91 Å². The lowest BCUT2D eigenvalue weighted by molar-refractivity contribution is -0.888. The molecule has 1 aliphatic heterocycles. The molecular weight excluding hydrogens is 296 g/mol. The molecule has 1 fully saturated rings. The van der Waals surface area contributed by atoms with Crippen LogP contribution in [0.5, 0.6) is 0 Å². The predicted molar refractivity (Wildman–Crippen MR) is 91.7 cm³/mol. The van der Waals surface area contributed by atoms with E-state index in [-0.39, 0.29) is 5.91 Å². The molecule has 22 heavy (non-hydrogen) atoms. The van der Waals surface area contributed by atoms with E-state index in [1.54, 1.807) is 6.21 Å². The zero-order valence-electron chi connectivity index (χ0n) is 12.7. The molecule has 0 saturated carbocycles. The van der Waals surface area contributed by atoms with Crippen LogP contribution in [0.3, 0.4) is 0 Å². The Hall–Kier alpha value is -1.79. The van der Waals surface area contributed by atoms with Crippen LogP contribution in [-0.2, 0) is 4.79 Å². The summed E-state index contributed by atoms with van der Waals surface area (Å²) in [5, 5.41) is 5.25. The summed E-state index contributed by atoms with van der Waals surface area (Å²) in [4.78, 5) is 16.6. The number of hydrazone groups is 1. The Labute approximate surface area is 134 Å². The van der Waals surface area contributed by atoms with Crippen LogP contribution in [0.4, 0.5) is 0 Å². The molecule has 3 N–H and O–H groups in total. The van der Waals surface area contributed by atoms with Crippen LogP contribution in [0.1, 0.15) is 11.3 Å².